The Balaban J connectivity index is 1.88. The summed E-state index contributed by atoms with van der Waals surface area (Å²) in [5.74, 6) is -0.249. The smallest absolute Gasteiger partial charge is 0.243 e. The van der Waals surface area contributed by atoms with Crippen LogP contribution in [0.4, 0.5) is 4.39 Å². The number of hydrogen-bond acceptors (Lipinski definition) is 3. The summed E-state index contributed by atoms with van der Waals surface area (Å²) in [7, 11) is -3.66. The first-order valence-electron chi connectivity index (χ1n) is 6.84. The van der Waals surface area contributed by atoms with Gasteiger partial charge in [-0.3, -0.25) is 0 Å². The van der Waals surface area contributed by atoms with E-state index in [-0.39, 0.29) is 16.7 Å². The van der Waals surface area contributed by atoms with Gasteiger partial charge in [0.25, 0.3) is 0 Å². The van der Waals surface area contributed by atoms with Crippen LogP contribution in [0.3, 0.4) is 0 Å². The molecule has 0 aromatic heterocycles. The monoisotopic (exact) mass is 299 g/mol. The Morgan fingerprint density at radius 1 is 1.30 bits per heavy atom. The number of rotatable bonds is 2. The fraction of sp³-hybridized carbons (Fsp3) is 0.571. The predicted octanol–water partition coefficient (Wildman–Crippen LogP) is 1.53. The molecule has 2 aliphatic rings. The van der Waals surface area contributed by atoms with Gasteiger partial charge in [0.05, 0.1) is 11.0 Å². The van der Waals surface area contributed by atoms with Crippen molar-refractivity contribution in [1.29, 1.82) is 0 Å². The molecule has 0 radical (unpaired) electrons. The maximum atomic E-state index is 13.6. The summed E-state index contributed by atoms with van der Waals surface area (Å²) in [6, 6.07) is 4.00. The molecule has 1 heterocycles. The Bertz CT molecular complexity index is 631. The molecule has 3 atom stereocenters. The molecule has 0 spiro atoms. The van der Waals surface area contributed by atoms with Crippen LogP contribution in [0, 0.1) is 24.6 Å². The number of halogens is 1. The second kappa shape index (κ2) is 4.79. The van der Waals surface area contributed by atoms with Crippen LogP contribution >= 0.6 is 0 Å². The Morgan fingerprint density at radius 2 is 2.05 bits per heavy atom. The van der Waals surface area contributed by atoms with E-state index in [1.807, 2.05) is 0 Å². The van der Waals surface area contributed by atoms with Gasteiger partial charge in [-0.15, -0.1) is 0 Å². The van der Waals surface area contributed by atoms with Gasteiger partial charge in [-0.05, 0) is 43.4 Å². The normalized spacial score (nSPS) is 30.6. The van der Waals surface area contributed by atoms with E-state index in [1.165, 1.54) is 16.4 Å². The zero-order valence-electron chi connectivity index (χ0n) is 11.3. The Kier molecular flexibility index (Phi) is 3.35. The van der Waals surface area contributed by atoms with Gasteiger partial charge in [-0.25, -0.2) is 12.8 Å². The highest BCUT2D eigenvalue weighted by Crippen LogP contribution is 2.40. The van der Waals surface area contributed by atoms with Crippen LogP contribution in [0.25, 0.3) is 0 Å². The van der Waals surface area contributed by atoms with Crippen LogP contribution in [0.2, 0.25) is 0 Å². The lowest BCUT2D eigenvalue weighted by Gasteiger charge is -2.18. The lowest BCUT2D eigenvalue weighted by atomic mass is 10.00. The third-order valence-corrected chi connectivity index (χ3v) is 6.39. The SMILES string of the molecule is Cc1ccc(S(=O)(=O)N2CC3CCC(O)C3C2)cc1F. The lowest BCUT2D eigenvalue weighted by molar-refractivity contribution is 0.129. The first kappa shape index (κ1) is 14.0. The molecule has 4 nitrogen and oxygen atoms in total. The summed E-state index contributed by atoms with van der Waals surface area (Å²) >= 11 is 0. The average molecular weight is 299 g/mol. The summed E-state index contributed by atoms with van der Waals surface area (Å²) in [6.45, 7) is 2.37. The van der Waals surface area contributed by atoms with Crippen LogP contribution in [0.5, 0.6) is 0 Å². The number of aryl methyl sites for hydroxylation is 1. The quantitative estimate of drug-likeness (QED) is 0.901. The number of aliphatic hydroxyl groups excluding tert-OH is 1. The maximum Gasteiger partial charge on any atom is 0.243 e. The average Bonchev–Trinajstić information content (AvgIpc) is 2.96. The summed E-state index contributed by atoms with van der Waals surface area (Å²) < 4.78 is 40.0. The minimum atomic E-state index is -3.66. The van der Waals surface area contributed by atoms with Gasteiger partial charge in [0, 0.05) is 19.0 Å². The molecule has 1 aromatic rings. The Labute approximate surface area is 118 Å². The second-order valence-electron chi connectivity index (χ2n) is 5.80. The van der Waals surface area contributed by atoms with Gasteiger partial charge in [0.15, 0.2) is 0 Å². The van der Waals surface area contributed by atoms with Crippen molar-refractivity contribution in [2.24, 2.45) is 11.8 Å². The highest BCUT2D eigenvalue weighted by atomic mass is 32.2. The molecule has 1 aliphatic carbocycles. The number of fused-ring (bicyclic) bond motifs is 1. The van der Waals surface area contributed by atoms with E-state index in [0.717, 1.165) is 18.9 Å². The molecular weight excluding hydrogens is 281 g/mol. The van der Waals surface area contributed by atoms with Gasteiger partial charge >= 0.3 is 0 Å². The number of sulfonamides is 1. The van der Waals surface area contributed by atoms with Gasteiger partial charge in [-0.2, -0.15) is 4.31 Å². The van der Waals surface area contributed by atoms with Gasteiger partial charge in [0.2, 0.25) is 10.0 Å². The van der Waals surface area contributed by atoms with E-state index in [0.29, 0.717) is 18.7 Å². The fourth-order valence-electron chi connectivity index (χ4n) is 3.28. The zero-order chi connectivity index (χ0) is 14.5. The van der Waals surface area contributed by atoms with Crippen LogP contribution in [-0.2, 0) is 10.0 Å². The van der Waals surface area contributed by atoms with Crippen LogP contribution < -0.4 is 0 Å². The maximum absolute atomic E-state index is 13.6. The lowest BCUT2D eigenvalue weighted by Crippen LogP contribution is -2.31. The first-order valence-corrected chi connectivity index (χ1v) is 8.28. The highest BCUT2D eigenvalue weighted by Gasteiger charge is 2.45. The van der Waals surface area contributed by atoms with Crippen molar-refractivity contribution in [2.75, 3.05) is 13.1 Å². The van der Waals surface area contributed by atoms with Gasteiger partial charge in [-0.1, -0.05) is 6.07 Å². The van der Waals surface area contributed by atoms with E-state index in [2.05, 4.69) is 0 Å². The molecule has 1 saturated heterocycles. The topological polar surface area (TPSA) is 57.6 Å². The first-order chi connectivity index (χ1) is 9.39. The fourth-order valence-corrected chi connectivity index (χ4v) is 4.82. The molecular formula is C14H18FNO3S. The van der Waals surface area contributed by atoms with Crippen molar-refractivity contribution in [2.45, 2.75) is 30.8 Å². The van der Waals surface area contributed by atoms with E-state index in [1.54, 1.807) is 6.92 Å². The Morgan fingerprint density at radius 3 is 2.70 bits per heavy atom. The molecule has 1 N–H and O–H groups in total. The number of nitrogens with zero attached hydrogens (tertiary/aromatic N) is 1. The van der Waals surface area contributed by atoms with E-state index in [4.69, 9.17) is 0 Å². The van der Waals surface area contributed by atoms with E-state index in [9.17, 15) is 17.9 Å². The molecule has 6 heteroatoms. The molecule has 1 saturated carbocycles. The van der Waals surface area contributed by atoms with Crippen LogP contribution in [-0.4, -0.2) is 37.0 Å². The highest BCUT2D eigenvalue weighted by molar-refractivity contribution is 7.89. The molecule has 20 heavy (non-hydrogen) atoms. The van der Waals surface area contributed by atoms with Crippen molar-refractivity contribution in [1.82, 2.24) is 4.31 Å². The standard InChI is InChI=1S/C14H18FNO3S/c1-9-2-4-11(6-13(9)15)20(18,19)16-7-10-3-5-14(17)12(10)8-16/h2,4,6,10,12,14,17H,3,5,7-8H2,1H3. The van der Waals surface area contributed by atoms with Crippen LogP contribution in [0.15, 0.2) is 23.1 Å². The van der Waals surface area contributed by atoms with E-state index < -0.39 is 21.9 Å². The van der Waals surface area contributed by atoms with Crippen molar-refractivity contribution < 1.29 is 17.9 Å². The van der Waals surface area contributed by atoms with Gasteiger partial charge < -0.3 is 5.11 Å². The largest absolute Gasteiger partial charge is 0.393 e. The van der Waals surface area contributed by atoms with Gasteiger partial charge in [0.1, 0.15) is 5.82 Å². The summed E-state index contributed by atoms with van der Waals surface area (Å²) in [6.07, 6.45) is 1.21. The number of benzene rings is 1. The summed E-state index contributed by atoms with van der Waals surface area (Å²) in [5.41, 5.74) is 0.428. The molecule has 1 aliphatic heterocycles. The molecule has 3 unspecified atom stereocenters. The molecule has 110 valence electrons. The summed E-state index contributed by atoms with van der Waals surface area (Å²) in [5, 5.41) is 9.85. The molecule has 0 bridgehead atoms. The summed E-state index contributed by atoms with van der Waals surface area (Å²) in [4.78, 5) is -0.00457. The molecule has 3 rings (SSSR count). The third-order valence-electron chi connectivity index (χ3n) is 4.57. The molecule has 0 amide bonds. The number of hydrogen-bond donors (Lipinski definition) is 1. The van der Waals surface area contributed by atoms with Crippen molar-refractivity contribution >= 4 is 10.0 Å². The minimum absolute atomic E-state index is 0.00457. The number of aliphatic hydroxyl groups is 1. The molecule has 1 aromatic carbocycles. The van der Waals surface area contributed by atoms with Crippen molar-refractivity contribution in [3.63, 3.8) is 0 Å². The van der Waals surface area contributed by atoms with E-state index >= 15 is 0 Å². The zero-order valence-corrected chi connectivity index (χ0v) is 12.1. The minimum Gasteiger partial charge on any atom is -0.393 e. The van der Waals surface area contributed by atoms with Crippen LogP contribution in [0.1, 0.15) is 18.4 Å². The predicted molar refractivity (Wildman–Crippen MR) is 72.1 cm³/mol. The van der Waals surface area contributed by atoms with Crippen molar-refractivity contribution in [3.05, 3.63) is 29.6 Å². The second-order valence-corrected chi connectivity index (χ2v) is 7.74. The molecule has 2 fully saturated rings. The third kappa shape index (κ3) is 2.16. The Hall–Kier alpha value is -0.980. The van der Waals surface area contributed by atoms with Crippen molar-refractivity contribution in [3.8, 4) is 0 Å².